The number of nitrogens with two attached hydrogens (primary N) is 2. The molecule has 2 aromatic rings. The van der Waals surface area contributed by atoms with Gasteiger partial charge in [0.25, 0.3) is 5.92 Å². The molecule has 0 amide bonds. The van der Waals surface area contributed by atoms with Gasteiger partial charge in [-0.05, 0) is 66.9 Å². The van der Waals surface area contributed by atoms with Crippen molar-refractivity contribution in [3.05, 3.63) is 58.3 Å². The predicted octanol–water partition coefficient (Wildman–Crippen LogP) is 6.58. The Labute approximate surface area is 232 Å². The number of allylic oxidation sites excluding steroid dienone is 4. The van der Waals surface area contributed by atoms with Crippen LogP contribution in [0.4, 0.5) is 27.9 Å². The van der Waals surface area contributed by atoms with E-state index in [2.05, 4.69) is 9.97 Å². The molecule has 0 bridgehead atoms. The fourth-order valence-corrected chi connectivity index (χ4v) is 5.14. The Morgan fingerprint density at radius 3 is 2.52 bits per heavy atom. The van der Waals surface area contributed by atoms with E-state index in [-0.39, 0.29) is 40.1 Å². The minimum absolute atomic E-state index is 0.0386. The van der Waals surface area contributed by atoms with E-state index in [1.165, 1.54) is 30.3 Å². The van der Waals surface area contributed by atoms with Crippen molar-refractivity contribution < 1.29 is 36.6 Å². The molecule has 0 spiro atoms. The number of ether oxygens (including phenoxy) is 1. The van der Waals surface area contributed by atoms with Gasteiger partial charge in [-0.2, -0.15) is 18.2 Å². The van der Waals surface area contributed by atoms with Gasteiger partial charge in [0, 0.05) is 29.5 Å². The monoisotopic (exact) mass is 586 g/mol. The maximum Gasteiger partial charge on any atom is 0.429 e. The molecular formula is C27H28ClF5N4O3. The summed E-state index contributed by atoms with van der Waals surface area (Å²) >= 11 is 6.08. The first kappa shape index (κ1) is 29.7. The SMILES string of the molecule is Nc1nc(O[C@H](c2ccc(Cl)cc2C2=CCC(F)(F)CC2)C(F)(F)F)cc(C2=CCC(C[C@H](N)C(=O)O)CC2)n1. The van der Waals surface area contributed by atoms with Gasteiger partial charge in [0.15, 0.2) is 0 Å². The number of aliphatic carboxylic acids is 1. The van der Waals surface area contributed by atoms with Crippen molar-refractivity contribution in [1.82, 2.24) is 9.97 Å². The molecule has 0 saturated carbocycles. The fourth-order valence-electron chi connectivity index (χ4n) is 4.96. The molecule has 2 aliphatic carbocycles. The number of alkyl halides is 5. The number of rotatable bonds is 8. The smallest absolute Gasteiger partial charge is 0.429 e. The number of nitrogens with zero attached hydrogens (tertiary/aromatic N) is 2. The first-order chi connectivity index (χ1) is 18.7. The highest BCUT2D eigenvalue weighted by molar-refractivity contribution is 6.30. The second-order valence-electron chi connectivity index (χ2n) is 10.1. The van der Waals surface area contributed by atoms with E-state index in [1.807, 2.05) is 6.08 Å². The Balaban J connectivity index is 1.63. The molecule has 216 valence electrons. The van der Waals surface area contributed by atoms with Crippen LogP contribution in [0, 0.1) is 5.92 Å². The van der Waals surface area contributed by atoms with Crippen molar-refractivity contribution in [2.45, 2.75) is 69.2 Å². The normalized spacial score (nSPS) is 20.7. The maximum absolute atomic E-state index is 14.4. The maximum atomic E-state index is 14.4. The molecule has 13 heteroatoms. The van der Waals surface area contributed by atoms with Crippen LogP contribution < -0.4 is 16.2 Å². The number of carbonyl (C=O) groups is 1. The van der Waals surface area contributed by atoms with Gasteiger partial charge in [0.2, 0.25) is 17.9 Å². The molecule has 1 aromatic heterocycles. The molecule has 40 heavy (non-hydrogen) atoms. The summed E-state index contributed by atoms with van der Waals surface area (Å²) in [6, 6.07) is 4.04. The van der Waals surface area contributed by atoms with Crippen molar-refractivity contribution in [1.29, 1.82) is 0 Å². The van der Waals surface area contributed by atoms with Gasteiger partial charge >= 0.3 is 12.1 Å². The van der Waals surface area contributed by atoms with Crippen LogP contribution in [0.1, 0.15) is 67.9 Å². The summed E-state index contributed by atoms with van der Waals surface area (Å²) in [7, 11) is 0. The molecule has 3 atom stereocenters. The summed E-state index contributed by atoms with van der Waals surface area (Å²) in [6.07, 6.45) is -3.62. The standard InChI is InChI=1S/C27H28ClF5N4O3/c28-17-5-6-18(19(12-17)15-7-9-26(29,30)10-8-15)23(27(31,32)33)40-22-13-21(36-25(35)37-22)16-3-1-14(2-4-16)11-20(34)24(38)39/h3,5-7,12-14,20,23H,1-2,4,8-11,34H2,(H,38,39)(H2,35,36,37)/t14?,20-,23+/m0/s1. The van der Waals surface area contributed by atoms with Crippen LogP contribution in [0.15, 0.2) is 36.4 Å². The summed E-state index contributed by atoms with van der Waals surface area (Å²) in [5.41, 5.74) is 12.6. The van der Waals surface area contributed by atoms with Crippen molar-refractivity contribution in [3.63, 3.8) is 0 Å². The van der Waals surface area contributed by atoms with Crippen LogP contribution >= 0.6 is 11.6 Å². The van der Waals surface area contributed by atoms with Crippen LogP contribution in [0.25, 0.3) is 11.1 Å². The second kappa shape index (κ2) is 11.7. The molecule has 1 unspecified atom stereocenters. The Bertz CT molecular complexity index is 1330. The van der Waals surface area contributed by atoms with Crippen molar-refractivity contribution >= 4 is 34.7 Å². The highest BCUT2D eigenvalue weighted by atomic mass is 35.5. The molecule has 0 radical (unpaired) electrons. The molecular weight excluding hydrogens is 559 g/mol. The van der Waals surface area contributed by atoms with Gasteiger partial charge in [-0.15, -0.1) is 0 Å². The topological polar surface area (TPSA) is 124 Å². The zero-order valence-corrected chi connectivity index (χ0v) is 22.0. The first-order valence-electron chi connectivity index (χ1n) is 12.6. The number of aromatic nitrogens is 2. The summed E-state index contributed by atoms with van der Waals surface area (Å²) in [5, 5.41) is 9.19. The number of hydrogen-bond donors (Lipinski definition) is 3. The number of halogens is 6. The Morgan fingerprint density at radius 2 is 1.93 bits per heavy atom. The third-order valence-corrected chi connectivity index (χ3v) is 7.29. The Kier molecular flexibility index (Phi) is 8.69. The fraction of sp³-hybridized carbons (Fsp3) is 0.444. The molecule has 0 saturated heterocycles. The van der Waals surface area contributed by atoms with Crippen LogP contribution in [-0.4, -0.2) is 39.2 Å². The summed E-state index contributed by atoms with van der Waals surface area (Å²) in [6.45, 7) is 0. The van der Waals surface area contributed by atoms with Crippen molar-refractivity contribution in [2.24, 2.45) is 11.7 Å². The summed E-state index contributed by atoms with van der Waals surface area (Å²) < 4.78 is 76.0. The lowest BCUT2D eigenvalue weighted by Gasteiger charge is -2.27. The van der Waals surface area contributed by atoms with Crippen LogP contribution in [0.3, 0.4) is 0 Å². The number of carboxylic acid groups (broad SMARTS) is 1. The number of hydrogen-bond acceptors (Lipinski definition) is 6. The van der Waals surface area contributed by atoms with E-state index in [9.17, 15) is 26.7 Å². The zero-order chi connectivity index (χ0) is 29.2. The third-order valence-electron chi connectivity index (χ3n) is 7.06. The highest BCUT2D eigenvalue weighted by Gasteiger charge is 2.45. The molecule has 2 aliphatic rings. The largest absolute Gasteiger partial charge is 0.480 e. The van der Waals surface area contributed by atoms with Gasteiger partial charge in [-0.1, -0.05) is 29.8 Å². The number of benzene rings is 1. The van der Waals surface area contributed by atoms with Crippen LogP contribution in [-0.2, 0) is 4.79 Å². The second-order valence-corrected chi connectivity index (χ2v) is 10.5. The van der Waals surface area contributed by atoms with E-state index in [0.717, 1.165) is 0 Å². The number of anilines is 1. The zero-order valence-electron chi connectivity index (χ0n) is 21.2. The van der Waals surface area contributed by atoms with E-state index in [4.69, 9.17) is 32.9 Å². The summed E-state index contributed by atoms with van der Waals surface area (Å²) in [5.74, 6) is -4.67. The van der Waals surface area contributed by atoms with E-state index in [1.54, 1.807) is 0 Å². The molecule has 5 N–H and O–H groups in total. The number of nitrogen functional groups attached to an aromatic ring is 1. The Hall–Kier alpha value is -3.25. The van der Waals surface area contributed by atoms with Gasteiger partial charge < -0.3 is 21.3 Å². The highest BCUT2D eigenvalue weighted by Crippen LogP contribution is 2.44. The minimum Gasteiger partial charge on any atom is -0.480 e. The van der Waals surface area contributed by atoms with E-state index >= 15 is 0 Å². The average molecular weight is 587 g/mol. The van der Waals surface area contributed by atoms with E-state index in [0.29, 0.717) is 36.8 Å². The molecule has 0 aliphatic heterocycles. The Morgan fingerprint density at radius 1 is 1.18 bits per heavy atom. The number of carboxylic acids is 1. The van der Waals surface area contributed by atoms with Crippen LogP contribution in [0.2, 0.25) is 5.02 Å². The average Bonchev–Trinajstić information content (AvgIpc) is 2.87. The predicted molar refractivity (Wildman–Crippen MR) is 140 cm³/mol. The molecule has 1 aromatic carbocycles. The van der Waals surface area contributed by atoms with Gasteiger partial charge in [0.05, 0.1) is 5.69 Å². The lowest BCUT2D eigenvalue weighted by atomic mass is 9.84. The first-order valence-corrected chi connectivity index (χ1v) is 13.0. The lowest BCUT2D eigenvalue weighted by molar-refractivity contribution is -0.198. The van der Waals surface area contributed by atoms with Gasteiger partial charge in [-0.25, -0.2) is 13.8 Å². The quantitative estimate of drug-likeness (QED) is 0.298. The van der Waals surface area contributed by atoms with E-state index < -0.39 is 48.9 Å². The van der Waals surface area contributed by atoms with Crippen molar-refractivity contribution in [3.8, 4) is 5.88 Å². The lowest BCUT2D eigenvalue weighted by Crippen LogP contribution is -2.32. The van der Waals surface area contributed by atoms with Crippen LogP contribution in [0.5, 0.6) is 5.88 Å². The van der Waals surface area contributed by atoms with Gasteiger partial charge in [-0.3, -0.25) is 4.79 Å². The van der Waals surface area contributed by atoms with Gasteiger partial charge in [0.1, 0.15) is 6.04 Å². The molecule has 7 nitrogen and oxygen atoms in total. The van der Waals surface area contributed by atoms with Crippen molar-refractivity contribution in [2.75, 3.05) is 5.73 Å². The molecule has 4 rings (SSSR count). The molecule has 0 fully saturated rings. The minimum atomic E-state index is -4.90. The summed E-state index contributed by atoms with van der Waals surface area (Å²) in [4.78, 5) is 19.0. The third kappa shape index (κ3) is 7.28. The molecule has 1 heterocycles.